The number of hydrogen-bond acceptors (Lipinski definition) is 4. The Labute approximate surface area is 88.2 Å². The van der Waals surface area contributed by atoms with Gasteiger partial charge in [0.25, 0.3) is 0 Å². The van der Waals surface area contributed by atoms with Gasteiger partial charge in [0.1, 0.15) is 0 Å². The van der Waals surface area contributed by atoms with Crippen LogP contribution in [-0.2, 0) is 11.3 Å². The van der Waals surface area contributed by atoms with Crippen LogP contribution in [0.4, 0.5) is 0 Å². The van der Waals surface area contributed by atoms with E-state index < -0.39 is 0 Å². The number of aliphatic imine (C=N–C) groups is 1. The zero-order chi connectivity index (χ0) is 11.4. The van der Waals surface area contributed by atoms with Gasteiger partial charge in [0, 0.05) is 5.56 Å². The Kier molecular flexibility index (Phi) is 3.47. The summed E-state index contributed by atoms with van der Waals surface area (Å²) in [5.41, 5.74) is 2.50. The second-order valence-electron chi connectivity index (χ2n) is 3.26. The summed E-state index contributed by atoms with van der Waals surface area (Å²) in [7, 11) is 1.48. The molecule has 0 aliphatic heterocycles. The van der Waals surface area contributed by atoms with Gasteiger partial charge in [-0.1, -0.05) is 0 Å². The standard InChI is InChI=1S/C11H13NO3/c1-7-4-10(15-3)11(14)9(8(7)2)5-12-6-13/h4,14H,5H2,1-3H3. The number of nitrogens with zero attached hydrogens (tertiary/aromatic N) is 1. The van der Waals surface area contributed by atoms with Gasteiger partial charge in [-0.05, 0) is 31.0 Å². The molecule has 0 aromatic heterocycles. The number of ether oxygens (including phenoxy) is 1. The highest BCUT2D eigenvalue weighted by Crippen LogP contribution is 2.34. The van der Waals surface area contributed by atoms with E-state index in [1.54, 1.807) is 6.07 Å². The van der Waals surface area contributed by atoms with E-state index in [0.29, 0.717) is 11.3 Å². The van der Waals surface area contributed by atoms with Crippen molar-refractivity contribution in [3.05, 3.63) is 22.8 Å². The first-order valence-electron chi connectivity index (χ1n) is 4.51. The first-order chi connectivity index (χ1) is 7.11. The highest BCUT2D eigenvalue weighted by molar-refractivity contribution is 5.53. The van der Waals surface area contributed by atoms with Gasteiger partial charge in [0.05, 0.1) is 13.7 Å². The molecule has 4 nitrogen and oxygen atoms in total. The van der Waals surface area contributed by atoms with Gasteiger partial charge < -0.3 is 9.84 Å². The van der Waals surface area contributed by atoms with Crippen molar-refractivity contribution in [2.75, 3.05) is 7.11 Å². The number of hydrogen-bond donors (Lipinski definition) is 1. The van der Waals surface area contributed by atoms with Gasteiger partial charge in [0.15, 0.2) is 11.5 Å². The molecule has 80 valence electrons. The second-order valence-corrected chi connectivity index (χ2v) is 3.26. The topological polar surface area (TPSA) is 58.9 Å². The van der Waals surface area contributed by atoms with Crippen molar-refractivity contribution in [3.8, 4) is 11.5 Å². The zero-order valence-corrected chi connectivity index (χ0v) is 9.00. The number of aromatic hydroxyl groups is 1. The summed E-state index contributed by atoms with van der Waals surface area (Å²) in [5.74, 6) is 0.439. The van der Waals surface area contributed by atoms with Crippen LogP contribution in [0.25, 0.3) is 0 Å². The van der Waals surface area contributed by atoms with Crippen LogP contribution < -0.4 is 4.74 Å². The fourth-order valence-corrected chi connectivity index (χ4v) is 1.40. The van der Waals surface area contributed by atoms with Gasteiger partial charge in [-0.15, -0.1) is 0 Å². The molecule has 0 saturated heterocycles. The average Bonchev–Trinajstić information content (AvgIpc) is 2.23. The maximum Gasteiger partial charge on any atom is 0.235 e. The van der Waals surface area contributed by atoms with E-state index in [0.717, 1.165) is 11.1 Å². The molecule has 0 aliphatic carbocycles. The quantitative estimate of drug-likeness (QED) is 0.607. The Morgan fingerprint density at radius 2 is 2.20 bits per heavy atom. The summed E-state index contributed by atoms with van der Waals surface area (Å²) in [6.45, 7) is 3.90. The molecule has 0 spiro atoms. The predicted octanol–water partition coefficient (Wildman–Crippen LogP) is 1.85. The van der Waals surface area contributed by atoms with Crippen LogP contribution in [0.2, 0.25) is 0 Å². The summed E-state index contributed by atoms with van der Waals surface area (Å²) < 4.78 is 5.01. The highest BCUT2D eigenvalue weighted by Gasteiger charge is 2.12. The molecule has 0 amide bonds. The van der Waals surface area contributed by atoms with E-state index in [2.05, 4.69) is 4.99 Å². The lowest BCUT2D eigenvalue weighted by atomic mass is 10.0. The number of isocyanates is 1. The summed E-state index contributed by atoms with van der Waals surface area (Å²) >= 11 is 0. The van der Waals surface area contributed by atoms with Crippen LogP contribution in [-0.4, -0.2) is 18.3 Å². The van der Waals surface area contributed by atoms with Crippen molar-refractivity contribution in [2.24, 2.45) is 4.99 Å². The third-order valence-electron chi connectivity index (χ3n) is 2.43. The number of rotatable bonds is 3. The Morgan fingerprint density at radius 3 is 2.73 bits per heavy atom. The SMILES string of the molecule is COc1cc(C)c(C)c(CN=C=O)c1O. The van der Waals surface area contributed by atoms with Crippen LogP contribution >= 0.6 is 0 Å². The third kappa shape index (κ3) is 2.17. The maximum absolute atomic E-state index is 10.0. The van der Waals surface area contributed by atoms with Crippen LogP contribution in [0.1, 0.15) is 16.7 Å². The molecule has 1 N–H and O–H groups in total. The van der Waals surface area contributed by atoms with E-state index in [-0.39, 0.29) is 12.3 Å². The molecular weight excluding hydrogens is 194 g/mol. The Bertz CT molecular complexity index is 420. The van der Waals surface area contributed by atoms with Crippen molar-refractivity contribution < 1.29 is 14.6 Å². The number of aryl methyl sites for hydroxylation is 1. The number of benzene rings is 1. The van der Waals surface area contributed by atoms with Gasteiger partial charge in [-0.3, -0.25) is 0 Å². The lowest BCUT2D eigenvalue weighted by Gasteiger charge is -2.12. The highest BCUT2D eigenvalue weighted by atomic mass is 16.5. The summed E-state index contributed by atoms with van der Waals surface area (Å²) in [5, 5.41) is 9.81. The van der Waals surface area contributed by atoms with Crippen LogP contribution in [0, 0.1) is 13.8 Å². The first-order valence-corrected chi connectivity index (χ1v) is 4.51. The van der Waals surface area contributed by atoms with Crippen molar-refractivity contribution in [3.63, 3.8) is 0 Å². The predicted molar refractivity (Wildman–Crippen MR) is 56.0 cm³/mol. The molecule has 0 radical (unpaired) electrons. The molecule has 0 atom stereocenters. The normalized spacial score (nSPS) is 9.53. The molecule has 1 rings (SSSR count). The van der Waals surface area contributed by atoms with Crippen LogP contribution in [0.3, 0.4) is 0 Å². The summed E-state index contributed by atoms with van der Waals surface area (Å²) in [6, 6.07) is 1.75. The molecular formula is C11H13NO3. The lowest BCUT2D eigenvalue weighted by molar-refractivity contribution is 0.370. The molecule has 0 unspecified atom stereocenters. The van der Waals surface area contributed by atoms with E-state index in [1.165, 1.54) is 13.2 Å². The van der Waals surface area contributed by atoms with E-state index in [1.807, 2.05) is 13.8 Å². The molecule has 0 fully saturated rings. The summed E-state index contributed by atoms with van der Waals surface area (Å²) in [4.78, 5) is 13.5. The molecule has 0 bridgehead atoms. The molecule has 0 aliphatic rings. The van der Waals surface area contributed by atoms with Crippen LogP contribution in [0.5, 0.6) is 11.5 Å². The van der Waals surface area contributed by atoms with Crippen molar-refractivity contribution in [2.45, 2.75) is 20.4 Å². The Morgan fingerprint density at radius 1 is 1.53 bits per heavy atom. The molecule has 15 heavy (non-hydrogen) atoms. The molecule has 0 heterocycles. The monoisotopic (exact) mass is 207 g/mol. The zero-order valence-electron chi connectivity index (χ0n) is 9.00. The molecule has 1 aromatic carbocycles. The van der Waals surface area contributed by atoms with Crippen molar-refractivity contribution in [1.82, 2.24) is 0 Å². The first kappa shape index (κ1) is 11.3. The minimum Gasteiger partial charge on any atom is -0.504 e. The van der Waals surface area contributed by atoms with Gasteiger partial charge >= 0.3 is 0 Å². The molecule has 1 aromatic rings. The number of phenolic OH excluding ortho intramolecular Hbond substituents is 1. The van der Waals surface area contributed by atoms with Gasteiger partial charge in [0.2, 0.25) is 6.08 Å². The number of methoxy groups -OCH3 is 1. The second kappa shape index (κ2) is 4.62. The number of carbonyl (C=O) groups excluding carboxylic acids is 1. The average molecular weight is 207 g/mol. The third-order valence-corrected chi connectivity index (χ3v) is 2.43. The van der Waals surface area contributed by atoms with E-state index in [9.17, 15) is 9.90 Å². The fraction of sp³-hybridized carbons (Fsp3) is 0.364. The minimum atomic E-state index is 0.0413. The summed E-state index contributed by atoms with van der Waals surface area (Å²) in [6.07, 6.45) is 1.45. The van der Waals surface area contributed by atoms with E-state index >= 15 is 0 Å². The fourth-order valence-electron chi connectivity index (χ4n) is 1.40. The number of phenols is 1. The van der Waals surface area contributed by atoms with Crippen molar-refractivity contribution in [1.29, 1.82) is 0 Å². The van der Waals surface area contributed by atoms with E-state index in [4.69, 9.17) is 4.74 Å². The van der Waals surface area contributed by atoms with Crippen LogP contribution in [0.15, 0.2) is 11.1 Å². The lowest BCUT2D eigenvalue weighted by Crippen LogP contribution is -1.95. The molecule has 0 saturated carbocycles. The largest absolute Gasteiger partial charge is 0.504 e. The Hall–Kier alpha value is -1.80. The minimum absolute atomic E-state index is 0.0413. The molecule has 4 heteroatoms. The van der Waals surface area contributed by atoms with Gasteiger partial charge in [-0.25, -0.2) is 9.79 Å². The maximum atomic E-state index is 10.0. The smallest absolute Gasteiger partial charge is 0.235 e. The Balaban J connectivity index is 3.32. The van der Waals surface area contributed by atoms with Crippen molar-refractivity contribution >= 4 is 6.08 Å². The van der Waals surface area contributed by atoms with Gasteiger partial charge in [-0.2, -0.15) is 0 Å².